The van der Waals surface area contributed by atoms with Crippen LogP contribution in [0.5, 0.6) is 5.75 Å². The van der Waals surface area contributed by atoms with Crippen molar-refractivity contribution < 1.29 is 14.6 Å². The maximum atomic E-state index is 12.2. The number of carbonyl (C=O) groups excluding carboxylic acids is 1. The number of aromatic nitrogens is 1. The summed E-state index contributed by atoms with van der Waals surface area (Å²) in [6.45, 7) is 13.4. The molecule has 2 N–H and O–H groups in total. The van der Waals surface area contributed by atoms with Gasteiger partial charge in [0.1, 0.15) is 11.4 Å². The standard InChI is InChI=1S/C25H35N3O3/c1-24(2,3)18-7-8-20(21(29)15-18)22(17-9-12-26-13-10-17)28-14-11-19(16-28)27-23(30)31-25(4,5)6/h7-10,12-13,15,19,22,29H,11,14,16H2,1-6H3,(H,27,30)/t19-,22?/m1/s1. The minimum Gasteiger partial charge on any atom is -0.508 e. The van der Waals surface area contributed by atoms with E-state index in [4.69, 9.17) is 4.74 Å². The monoisotopic (exact) mass is 425 g/mol. The van der Waals surface area contributed by atoms with E-state index in [1.165, 1.54) is 0 Å². The zero-order valence-electron chi connectivity index (χ0n) is 19.5. The molecule has 168 valence electrons. The van der Waals surface area contributed by atoms with Gasteiger partial charge >= 0.3 is 6.09 Å². The van der Waals surface area contributed by atoms with Crippen LogP contribution in [0, 0.1) is 0 Å². The molecule has 0 saturated carbocycles. The number of alkyl carbamates (subject to hydrolysis) is 1. The van der Waals surface area contributed by atoms with E-state index in [-0.39, 0.29) is 23.2 Å². The molecule has 6 heteroatoms. The van der Waals surface area contributed by atoms with Gasteiger partial charge in [-0.15, -0.1) is 0 Å². The normalized spacial score (nSPS) is 18.6. The van der Waals surface area contributed by atoms with Gasteiger partial charge in [0.05, 0.1) is 6.04 Å². The lowest BCUT2D eigenvalue weighted by Crippen LogP contribution is -2.41. The van der Waals surface area contributed by atoms with Gasteiger partial charge in [0.15, 0.2) is 0 Å². The number of phenolic OH excluding ortho intramolecular Hbond substituents is 1. The summed E-state index contributed by atoms with van der Waals surface area (Å²) in [6.07, 6.45) is 3.98. The first kappa shape index (κ1) is 23.1. The molecule has 1 aromatic carbocycles. The second-order valence-electron chi connectivity index (χ2n) is 10.3. The molecule has 1 amide bonds. The van der Waals surface area contributed by atoms with E-state index in [1.807, 2.05) is 45.0 Å². The molecule has 1 aliphatic rings. The molecule has 6 nitrogen and oxygen atoms in total. The SMILES string of the molecule is CC(C)(C)OC(=O)N[C@@H]1CCN(C(c2ccncc2)c2ccc(C(C)(C)C)cc2O)C1. The van der Waals surface area contributed by atoms with Crippen LogP contribution in [0.15, 0.2) is 42.7 Å². The largest absolute Gasteiger partial charge is 0.508 e. The van der Waals surface area contributed by atoms with Gasteiger partial charge in [-0.1, -0.05) is 32.9 Å². The number of benzene rings is 1. The van der Waals surface area contributed by atoms with Crippen LogP contribution in [0.4, 0.5) is 4.79 Å². The third kappa shape index (κ3) is 5.97. The number of hydrogen-bond acceptors (Lipinski definition) is 5. The Morgan fingerprint density at radius 3 is 2.42 bits per heavy atom. The number of rotatable bonds is 4. The highest BCUT2D eigenvalue weighted by atomic mass is 16.6. The van der Waals surface area contributed by atoms with Gasteiger partial charge in [-0.2, -0.15) is 0 Å². The van der Waals surface area contributed by atoms with Crippen LogP contribution in [0.1, 0.15) is 70.7 Å². The summed E-state index contributed by atoms with van der Waals surface area (Å²) in [5.74, 6) is 0.290. The van der Waals surface area contributed by atoms with E-state index < -0.39 is 11.7 Å². The van der Waals surface area contributed by atoms with Crippen molar-refractivity contribution in [3.8, 4) is 5.75 Å². The Hall–Kier alpha value is -2.60. The Balaban J connectivity index is 1.84. The number of amides is 1. The molecule has 0 aliphatic carbocycles. The average Bonchev–Trinajstić information content (AvgIpc) is 3.09. The molecule has 1 unspecified atom stereocenters. The van der Waals surface area contributed by atoms with Gasteiger partial charge in [-0.05, 0) is 61.9 Å². The number of nitrogens with one attached hydrogen (secondary N) is 1. The topological polar surface area (TPSA) is 74.7 Å². The first-order valence-corrected chi connectivity index (χ1v) is 10.9. The number of carbonyl (C=O) groups is 1. The van der Waals surface area contributed by atoms with Crippen molar-refractivity contribution in [2.45, 2.75) is 71.1 Å². The fourth-order valence-electron chi connectivity index (χ4n) is 3.99. The summed E-state index contributed by atoms with van der Waals surface area (Å²) in [6, 6.07) is 9.83. The highest BCUT2D eigenvalue weighted by Gasteiger charge is 2.33. The van der Waals surface area contributed by atoms with Crippen LogP contribution in [0.25, 0.3) is 0 Å². The van der Waals surface area contributed by atoms with Crippen LogP contribution < -0.4 is 5.32 Å². The summed E-state index contributed by atoms with van der Waals surface area (Å²) in [4.78, 5) is 18.7. The van der Waals surface area contributed by atoms with Gasteiger partial charge in [0.2, 0.25) is 0 Å². The Bertz CT molecular complexity index is 900. The van der Waals surface area contributed by atoms with Crippen molar-refractivity contribution in [1.29, 1.82) is 0 Å². The van der Waals surface area contributed by atoms with Gasteiger partial charge in [-0.3, -0.25) is 9.88 Å². The van der Waals surface area contributed by atoms with Crippen molar-refractivity contribution in [1.82, 2.24) is 15.2 Å². The van der Waals surface area contributed by atoms with Gasteiger partial charge in [0, 0.05) is 37.1 Å². The molecule has 1 aliphatic heterocycles. The molecule has 2 heterocycles. The fraction of sp³-hybridized carbons (Fsp3) is 0.520. The Morgan fingerprint density at radius 2 is 1.84 bits per heavy atom. The van der Waals surface area contributed by atoms with E-state index in [0.29, 0.717) is 6.54 Å². The summed E-state index contributed by atoms with van der Waals surface area (Å²) in [5.41, 5.74) is 2.44. The molecule has 0 bridgehead atoms. The molecule has 2 aromatic rings. The lowest BCUT2D eigenvalue weighted by atomic mass is 9.85. The fourth-order valence-corrected chi connectivity index (χ4v) is 3.99. The van der Waals surface area contributed by atoms with E-state index in [9.17, 15) is 9.90 Å². The minimum atomic E-state index is -0.525. The highest BCUT2D eigenvalue weighted by molar-refractivity contribution is 5.68. The predicted molar refractivity (Wildman–Crippen MR) is 122 cm³/mol. The van der Waals surface area contributed by atoms with Crippen LogP contribution in [-0.2, 0) is 10.2 Å². The van der Waals surface area contributed by atoms with Crippen molar-refractivity contribution in [3.05, 3.63) is 59.4 Å². The molecule has 1 aromatic heterocycles. The molecular formula is C25H35N3O3. The lowest BCUT2D eigenvalue weighted by molar-refractivity contribution is 0.0505. The van der Waals surface area contributed by atoms with Gasteiger partial charge in [-0.25, -0.2) is 4.79 Å². The van der Waals surface area contributed by atoms with Crippen LogP contribution >= 0.6 is 0 Å². The lowest BCUT2D eigenvalue weighted by Gasteiger charge is -2.30. The smallest absolute Gasteiger partial charge is 0.407 e. The number of phenols is 1. The second kappa shape index (κ2) is 8.87. The van der Waals surface area contributed by atoms with Crippen LogP contribution in [0.3, 0.4) is 0 Å². The van der Waals surface area contributed by atoms with Crippen molar-refractivity contribution in [2.75, 3.05) is 13.1 Å². The summed E-state index contributed by atoms with van der Waals surface area (Å²) in [5, 5.41) is 13.9. The Labute approximate surface area is 185 Å². The molecule has 0 spiro atoms. The zero-order chi connectivity index (χ0) is 22.8. The summed E-state index contributed by atoms with van der Waals surface area (Å²) >= 11 is 0. The van der Waals surface area contributed by atoms with Crippen molar-refractivity contribution in [2.24, 2.45) is 0 Å². The first-order chi connectivity index (χ1) is 14.4. The third-order valence-electron chi connectivity index (χ3n) is 5.52. The van der Waals surface area contributed by atoms with Crippen molar-refractivity contribution >= 4 is 6.09 Å². The number of aromatic hydroxyl groups is 1. The van der Waals surface area contributed by atoms with Crippen LogP contribution in [-0.4, -0.2) is 45.8 Å². The molecule has 0 radical (unpaired) electrons. The molecule has 31 heavy (non-hydrogen) atoms. The highest BCUT2D eigenvalue weighted by Crippen LogP contribution is 2.38. The van der Waals surface area contributed by atoms with Gasteiger partial charge < -0.3 is 15.2 Å². The number of hydrogen-bond donors (Lipinski definition) is 2. The van der Waals surface area contributed by atoms with Gasteiger partial charge in [0.25, 0.3) is 0 Å². The van der Waals surface area contributed by atoms with Crippen molar-refractivity contribution in [3.63, 3.8) is 0 Å². The minimum absolute atomic E-state index is 0.00446. The average molecular weight is 426 g/mol. The van der Waals surface area contributed by atoms with E-state index in [2.05, 4.69) is 42.0 Å². The summed E-state index contributed by atoms with van der Waals surface area (Å²) < 4.78 is 5.41. The van der Waals surface area contributed by atoms with E-state index >= 15 is 0 Å². The first-order valence-electron chi connectivity index (χ1n) is 10.9. The molecule has 3 rings (SSSR count). The Morgan fingerprint density at radius 1 is 1.16 bits per heavy atom. The molecule has 1 fully saturated rings. The Kier molecular flexibility index (Phi) is 6.60. The summed E-state index contributed by atoms with van der Waals surface area (Å²) in [7, 11) is 0. The quantitative estimate of drug-likeness (QED) is 0.738. The number of likely N-dealkylation sites (tertiary alicyclic amines) is 1. The third-order valence-corrected chi connectivity index (χ3v) is 5.52. The number of ether oxygens (including phenoxy) is 1. The zero-order valence-corrected chi connectivity index (χ0v) is 19.5. The number of nitrogens with zero attached hydrogens (tertiary/aromatic N) is 2. The van der Waals surface area contributed by atoms with Crippen LogP contribution in [0.2, 0.25) is 0 Å². The number of pyridine rings is 1. The van der Waals surface area contributed by atoms with E-state index in [1.54, 1.807) is 12.4 Å². The van der Waals surface area contributed by atoms with E-state index in [0.717, 1.165) is 29.7 Å². The molecular weight excluding hydrogens is 390 g/mol. The maximum Gasteiger partial charge on any atom is 0.407 e. The molecule has 1 saturated heterocycles. The second-order valence-corrected chi connectivity index (χ2v) is 10.3. The maximum absolute atomic E-state index is 12.2. The predicted octanol–water partition coefficient (Wildman–Crippen LogP) is 4.77. The molecule has 2 atom stereocenters.